The number of aliphatic carboxylic acids is 1. The molecule has 120 valence electrons. The van der Waals surface area contributed by atoms with Crippen molar-refractivity contribution in [2.75, 3.05) is 6.61 Å². The summed E-state index contributed by atoms with van der Waals surface area (Å²) in [6.45, 7) is 2.94. The molecule has 0 fully saturated rings. The van der Waals surface area contributed by atoms with E-state index in [0.29, 0.717) is 6.29 Å². The van der Waals surface area contributed by atoms with Gasteiger partial charge in [-0.1, -0.05) is 17.7 Å². The Balaban J connectivity index is 2.87. The predicted octanol–water partition coefficient (Wildman–Crippen LogP) is 2.08. The number of carbonyl (C=O) groups is 2. The molecule has 1 aromatic rings. The Morgan fingerprint density at radius 1 is 1.27 bits per heavy atom. The number of aldehydes is 1. The van der Waals surface area contributed by atoms with Gasteiger partial charge in [0, 0.05) is 12.0 Å². The Morgan fingerprint density at radius 2 is 1.86 bits per heavy atom. The zero-order chi connectivity index (χ0) is 16.8. The molecule has 0 saturated carbocycles. The molecule has 22 heavy (non-hydrogen) atoms. The molecule has 1 aromatic carbocycles. The highest BCUT2D eigenvalue weighted by Crippen LogP contribution is 2.17. The predicted molar refractivity (Wildman–Crippen MR) is 80.0 cm³/mol. The fraction of sp³-hybridized carbons (Fsp3) is 0.333. The van der Waals surface area contributed by atoms with Crippen LogP contribution < -0.4 is 0 Å². The SMILES string of the molecule is CC(COS(=O)(=O)c1ccc(C)cc1)=C(CCC=O)C(=O)O. The van der Waals surface area contributed by atoms with Crippen LogP contribution in [-0.4, -0.2) is 32.4 Å². The molecule has 0 bridgehead atoms. The molecule has 1 N–H and O–H groups in total. The summed E-state index contributed by atoms with van der Waals surface area (Å²) in [5, 5.41) is 9.07. The maximum Gasteiger partial charge on any atom is 0.331 e. The van der Waals surface area contributed by atoms with Gasteiger partial charge >= 0.3 is 5.97 Å². The van der Waals surface area contributed by atoms with E-state index in [1.165, 1.54) is 19.1 Å². The highest BCUT2D eigenvalue weighted by atomic mass is 32.2. The molecule has 0 heterocycles. The lowest BCUT2D eigenvalue weighted by Crippen LogP contribution is -2.12. The molecular weight excluding hydrogens is 308 g/mol. The molecule has 7 heteroatoms. The second-order valence-electron chi connectivity index (χ2n) is 4.80. The Labute approximate surface area is 129 Å². The molecule has 6 nitrogen and oxygen atoms in total. The van der Waals surface area contributed by atoms with Gasteiger partial charge < -0.3 is 9.90 Å². The molecule has 0 atom stereocenters. The van der Waals surface area contributed by atoms with E-state index in [4.69, 9.17) is 9.29 Å². The Morgan fingerprint density at radius 3 is 2.36 bits per heavy atom. The highest BCUT2D eigenvalue weighted by molar-refractivity contribution is 7.86. The monoisotopic (exact) mass is 326 g/mol. The standard InChI is InChI=1S/C15H18O6S/c1-11-5-7-13(8-6-11)22(19,20)21-10-12(2)14(15(17)18)4-3-9-16/h5-9H,3-4,10H2,1-2H3,(H,17,18). The molecule has 0 amide bonds. The van der Waals surface area contributed by atoms with Crippen LogP contribution in [0.4, 0.5) is 0 Å². The molecule has 0 aliphatic carbocycles. The van der Waals surface area contributed by atoms with Gasteiger partial charge in [0.25, 0.3) is 10.1 Å². The van der Waals surface area contributed by atoms with E-state index in [2.05, 4.69) is 0 Å². The topological polar surface area (TPSA) is 97.7 Å². The lowest BCUT2D eigenvalue weighted by Gasteiger charge is -2.09. The number of hydrogen-bond donors (Lipinski definition) is 1. The maximum absolute atomic E-state index is 12.0. The van der Waals surface area contributed by atoms with Crippen LogP contribution in [0, 0.1) is 6.92 Å². The van der Waals surface area contributed by atoms with Gasteiger partial charge in [-0.25, -0.2) is 4.79 Å². The normalized spacial score (nSPS) is 12.6. The first kappa shape index (κ1) is 18.1. The van der Waals surface area contributed by atoms with Crippen LogP contribution in [0.5, 0.6) is 0 Å². The molecule has 0 aliphatic heterocycles. The first-order valence-electron chi connectivity index (χ1n) is 6.59. The molecule has 1 rings (SSSR count). The molecule has 0 radical (unpaired) electrons. The third-order valence-electron chi connectivity index (χ3n) is 3.03. The van der Waals surface area contributed by atoms with Crippen LogP contribution in [0.2, 0.25) is 0 Å². The van der Waals surface area contributed by atoms with Crippen LogP contribution >= 0.6 is 0 Å². The molecule has 0 spiro atoms. The number of hydrogen-bond acceptors (Lipinski definition) is 5. The second kappa shape index (κ2) is 7.86. The van der Waals surface area contributed by atoms with Crippen LogP contribution in [0.15, 0.2) is 40.3 Å². The third kappa shape index (κ3) is 5.09. The summed E-state index contributed by atoms with van der Waals surface area (Å²) in [5.74, 6) is -1.18. The third-order valence-corrected chi connectivity index (χ3v) is 4.30. The molecule has 0 aromatic heterocycles. The van der Waals surface area contributed by atoms with Gasteiger partial charge in [0.2, 0.25) is 0 Å². The number of aryl methyl sites for hydroxylation is 1. The number of rotatable bonds is 8. The van der Waals surface area contributed by atoms with Crippen molar-refractivity contribution in [2.45, 2.75) is 31.6 Å². The van der Waals surface area contributed by atoms with Crippen LogP contribution in [-0.2, 0) is 23.9 Å². The zero-order valence-corrected chi connectivity index (χ0v) is 13.2. The quantitative estimate of drug-likeness (QED) is 0.446. The smallest absolute Gasteiger partial charge is 0.331 e. The largest absolute Gasteiger partial charge is 0.478 e. The van der Waals surface area contributed by atoms with Crippen molar-refractivity contribution in [3.63, 3.8) is 0 Å². The average Bonchev–Trinajstić information content (AvgIpc) is 2.45. The lowest BCUT2D eigenvalue weighted by molar-refractivity contribution is -0.132. The fourth-order valence-electron chi connectivity index (χ4n) is 1.73. The van der Waals surface area contributed by atoms with Gasteiger partial charge in [0.1, 0.15) is 6.29 Å². The van der Waals surface area contributed by atoms with E-state index in [1.54, 1.807) is 12.1 Å². The van der Waals surface area contributed by atoms with Gasteiger partial charge in [-0.2, -0.15) is 8.42 Å². The molecule has 0 aliphatic rings. The van der Waals surface area contributed by atoms with Crippen molar-refractivity contribution in [3.05, 3.63) is 41.0 Å². The van der Waals surface area contributed by atoms with Crippen molar-refractivity contribution in [1.82, 2.24) is 0 Å². The number of benzene rings is 1. The minimum absolute atomic E-state index is 0.00814. The molecular formula is C15H18O6S. The van der Waals surface area contributed by atoms with Gasteiger partial charge in [-0.3, -0.25) is 4.18 Å². The van der Waals surface area contributed by atoms with E-state index in [9.17, 15) is 18.0 Å². The number of carbonyl (C=O) groups excluding carboxylic acids is 1. The minimum Gasteiger partial charge on any atom is -0.478 e. The summed E-state index contributed by atoms with van der Waals surface area (Å²) in [6.07, 6.45) is 0.711. The zero-order valence-electron chi connectivity index (χ0n) is 12.4. The summed E-state index contributed by atoms with van der Waals surface area (Å²) in [5.41, 5.74) is 1.17. The van der Waals surface area contributed by atoms with Crippen LogP contribution in [0.3, 0.4) is 0 Å². The summed E-state index contributed by atoms with van der Waals surface area (Å²) in [6, 6.07) is 6.14. The van der Waals surface area contributed by atoms with Gasteiger partial charge in [0.05, 0.1) is 11.5 Å². The van der Waals surface area contributed by atoms with Gasteiger partial charge in [-0.15, -0.1) is 0 Å². The van der Waals surface area contributed by atoms with Crippen molar-refractivity contribution in [2.24, 2.45) is 0 Å². The summed E-state index contributed by atoms with van der Waals surface area (Å²) in [7, 11) is -3.95. The van der Waals surface area contributed by atoms with Gasteiger partial charge in [0.15, 0.2) is 0 Å². The fourth-order valence-corrected chi connectivity index (χ4v) is 2.67. The maximum atomic E-state index is 12.0. The van der Waals surface area contributed by atoms with Crippen LogP contribution in [0.1, 0.15) is 25.3 Å². The van der Waals surface area contributed by atoms with Crippen molar-refractivity contribution >= 4 is 22.4 Å². The summed E-state index contributed by atoms with van der Waals surface area (Å²) in [4.78, 5) is 21.5. The Hall–Kier alpha value is -1.99. The van der Waals surface area contributed by atoms with Crippen molar-refractivity contribution < 1.29 is 27.3 Å². The Bertz CT molecular complexity index is 670. The van der Waals surface area contributed by atoms with E-state index in [1.807, 2.05) is 6.92 Å². The first-order chi connectivity index (χ1) is 10.3. The first-order valence-corrected chi connectivity index (χ1v) is 8.00. The Kier molecular flexibility index (Phi) is 6.45. The van der Waals surface area contributed by atoms with E-state index < -0.39 is 16.1 Å². The van der Waals surface area contributed by atoms with Crippen molar-refractivity contribution in [1.29, 1.82) is 0 Å². The minimum atomic E-state index is -3.95. The van der Waals surface area contributed by atoms with Crippen molar-refractivity contribution in [3.8, 4) is 0 Å². The van der Waals surface area contributed by atoms with E-state index >= 15 is 0 Å². The number of carboxylic acids is 1. The highest BCUT2D eigenvalue weighted by Gasteiger charge is 2.17. The lowest BCUT2D eigenvalue weighted by atomic mass is 10.1. The second-order valence-corrected chi connectivity index (χ2v) is 6.41. The summed E-state index contributed by atoms with van der Waals surface area (Å²) >= 11 is 0. The molecule has 0 saturated heterocycles. The molecule has 0 unspecified atom stereocenters. The van der Waals surface area contributed by atoms with Crippen LogP contribution in [0.25, 0.3) is 0 Å². The average molecular weight is 326 g/mol. The van der Waals surface area contributed by atoms with Gasteiger partial charge in [-0.05, 0) is 38.0 Å². The van der Waals surface area contributed by atoms with E-state index in [-0.39, 0.29) is 35.5 Å². The van der Waals surface area contributed by atoms with E-state index in [0.717, 1.165) is 5.56 Å². The summed E-state index contributed by atoms with van der Waals surface area (Å²) < 4.78 is 28.9. The number of carboxylic acid groups (broad SMARTS) is 1.